The van der Waals surface area contributed by atoms with Crippen molar-refractivity contribution in [2.24, 2.45) is 11.8 Å². The number of aliphatic hydroxyl groups excluding tert-OH is 1. The summed E-state index contributed by atoms with van der Waals surface area (Å²) < 4.78 is 0. The predicted octanol–water partition coefficient (Wildman–Crippen LogP) is 4.09. The number of nitrogens with zero attached hydrogens (tertiary/aromatic N) is 1. The molecule has 2 rings (SSSR count). The number of aryl methyl sites for hydroxylation is 1. The fourth-order valence-corrected chi connectivity index (χ4v) is 2.38. The molecule has 1 amide bonds. The number of benzene rings is 1. The van der Waals surface area contributed by atoms with Gasteiger partial charge in [0.25, 0.3) is 0 Å². The Kier molecular flexibility index (Phi) is 6.10. The lowest BCUT2D eigenvalue weighted by Gasteiger charge is -2.17. The lowest BCUT2D eigenvalue weighted by Crippen LogP contribution is -2.18. The molecule has 2 atom stereocenters. The number of hydrogen-bond acceptors (Lipinski definition) is 3. The van der Waals surface area contributed by atoms with Gasteiger partial charge in [-0.1, -0.05) is 39.0 Å². The molecular formula is C20H26N2O2. The number of carbonyl (C=O) groups excluding carboxylic acids is 1. The molecule has 2 unspecified atom stereocenters. The van der Waals surface area contributed by atoms with Crippen molar-refractivity contribution in [3.05, 3.63) is 59.4 Å². The molecule has 128 valence electrons. The number of nitrogens with one attached hydrogen (secondary N) is 1. The Labute approximate surface area is 143 Å². The van der Waals surface area contributed by atoms with E-state index in [1.807, 2.05) is 37.3 Å². The second kappa shape index (κ2) is 8.06. The highest BCUT2D eigenvalue weighted by atomic mass is 16.3. The van der Waals surface area contributed by atoms with Gasteiger partial charge < -0.3 is 10.4 Å². The third-order valence-electron chi connectivity index (χ3n) is 4.46. The van der Waals surface area contributed by atoms with Gasteiger partial charge >= 0.3 is 0 Å². The van der Waals surface area contributed by atoms with Gasteiger partial charge in [0.15, 0.2) is 0 Å². The van der Waals surface area contributed by atoms with Crippen molar-refractivity contribution < 1.29 is 9.90 Å². The number of rotatable bonds is 6. The van der Waals surface area contributed by atoms with Gasteiger partial charge in [0, 0.05) is 18.3 Å². The number of hydrogen-bond donors (Lipinski definition) is 2. The molecule has 24 heavy (non-hydrogen) atoms. The first-order valence-corrected chi connectivity index (χ1v) is 8.38. The molecule has 1 aromatic carbocycles. The van der Waals surface area contributed by atoms with Crippen LogP contribution in [0.25, 0.3) is 0 Å². The molecule has 0 radical (unpaired) electrons. The Bertz CT molecular complexity index is 683. The van der Waals surface area contributed by atoms with Crippen LogP contribution < -0.4 is 5.32 Å². The topological polar surface area (TPSA) is 62.2 Å². The van der Waals surface area contributed by atoms with Crippen LogP contribution in [0.4, 0.5) is 5.69 Å². The summed E-state index contributed by atoms with van der Waals surface area (Å²) in [5.41, 5.74) is 3.01. The zero-order valence-corrected chi connectivity index (χ0v) is 14.8. The smallest absolute Gasteiger partial charge is 0.224 e. The van der Waals surface area contributed by atoms with Crippen molar-refractivity contribution in [2.75, 3.05) is 5.32 Å². The summed E-state index contributed by atoms with van der Waals surface area (Å²) in [6.45, 7) is 8.26. The number of amides is 1. The number of pyridine rings is 1. The second-order valence-corrected chi connectivity index (χ2v) is 6.71. The van der Waals surface area contributed by atoms with Gasteiger partial charge in [-0.15, -0.1) is 0 Å². The Morgan fingerprint density at radius 1 is 1.21 bits per heavy atom. The van der Waals surface area contributed by atoms with Crippen molar-refractivity contribution >= 4 is 11.6 Å². The van der Waals surface area contributed by atoms with Gasteiger partial charge in [0.05, 0.1) is 5.69 Å². The minimum Gasteiger partial charge on any atom is -0.382 e. The van der Waals surface area contributed by atoms with Crippen LogP contribution in [0.2, 0.25) is 0 Å². The SMILES string of the molecule is Cc1ccc(C(O)c2ccccn2)cc1NC(=O)CC(C)C(C)C. The zero-order valence-electron chi connectivity index (χ0n) is 14.8. The average Bonchev–Trinajstić information content (AvgIpc) is 2.56. The van der Waals surface area contributed by atoms with Gasteiger partial charge in [-0.05, 0) is 48.1 Å². The Morgan fingerprint density at radius 3 is 2.58 bits per heavy atom. The maximum atomic E-state index is 12.2. The highest BCUT2D eigenvalue weighted by molar-refractivity contribution is 5.91. The van der Waals surface area contributed by atoms with E-state index in [0.717, 1.165) is 11.3 Å². The van der Waals surface area contributed by atoms with Gasteiger partial charge in [-0.3, -0.25) is 9.78 Å². The first-order valence-electron chi connectivity index (χ1n) is 8.38. The van der Waals surface area contributed by atoms with Crippen LogP contribution in [0.5, 0.6) is 0 Å². The first kappa shape index (κ1) is 18.1. The Hall–Kier alpha value is -2.20. The highest BCUT2D eigenvalue weighted by Gasteiger charge is 2.16. The number of aliphatic hydroxyl groups is 1. The largest absolute Gasteiger partial charge is 0.382 e. The van der Waals surface area contributed by atoms with Crippen molar-refractivity contribution in [2.45, 2.75) is 40.2 Å². The van der Waals surface area contributed by atoms with E-state index in [2.05, 4.69) is 31.1 Å². The highest BCUT2D eigenvalue weighted by Crippen LogP contribution is 2.26. The quantitative estimate of drug-likeness (QED) is 0.840. The lowest BCUT2D eigenvalue weighted by molar-refractivity contribution is -0.117. The lowest BCUT2D eigenvalue weighted by atomic mass is 9.94. The minimum absolute atomic E-state index is 0.00350. The van der Waals surface area contributed by atoms with E-state index in [1.54, 1.807) is 12.3 Å². The molecular weight excluding hydrogens is 300 g/mol. The molecule has 0 saturated heterocycles. The van der Waals surface area contributed by atoms with E-state index in [1.165, 1.54) is 0 Å². The average molecular weight is 326 g/mol. The molecule has 4 nitrogen and oxygen atoms in total. The molecule has 1 aromatic heterocycles. The van der Waals surface area contributed by atoms with Crippen LogP contribution in [0.15, 0.2) is 42.6 Å². The number of carbonyl (C=O) groups is 1. The molecule has 4 heteroatoms. The van der Waals surface area contributed by atoms with Gasteiger partial charge in [-0.25, -0.2) is 0 Å². The van der Waals surface area contributed by atoms with Crippen LogP contribution in [0.3, 0.4) is 0 Å². The third kappa shape index (κ3) is 4.65. The Balaban J connectivity index is 2.15. The first-order chi connectivity index (χ1) is 11.4. The standard InChI is InChI=1S/C20H26N2O2/c1-13(2)15(4)11-19(23)22-18-12-16(9-8-14(18)3)20(24)17-7-5-6-10-21-17/h5-10,12-13,15,20,24H,11H2,1-4H3,(H,22,23). The maximum Gasteiger partial charge on any atom is 0.224 e. The van der Waals surface area contributed by atoms with Crippen LogP contribution in [-0.4, -0.2) is 16.0 Å². The van der Waals surface area contributed by atoms with E-state index in [4.69, 9.17) is 0 Å². The van der Waals surface area contributed by atoms with E-state index in [0.29, 0.717) is 29.5 Å². The van der Waals surface area contributed by atoms with E-state index < -0.39 is 6.10 Å². The summed E-state index contributed by atoms with van der Waals surface area (Å²) >= 11 is 0. The minimum atomic E-state index is -0.808. The van der Waals surface area contributed by atoms with Crippen molar-refractivity contribution in [1.82, 2.24) is 4.98 Å². The zero-order chi connectivity index (χ0) is 17.7. The molecule has 2 N–H and O–H groups in total. The van der Waals surface area contributed by atoms with Gasteiger partial charge in [-0.2, -0.15) is 0 Å². The maximum absolute atomic E-state index is 12.2. The predicted molar refractivity (Wildman–Crippen MR) is 96.7 cm³/mol. The second-order valence-electron chi connectivity index (χ2n) is 6.71. The molecule has 0 saturated carbocycles. The van der Waals surface area contributed by atoms with Crippen LogP contribution in [0.1, 0.15) is 50.1 Å². The van der Waals surface area contributed by atoms with Crippen molar-refractivity contribution in [1.29, 1.82) is 0 Å². The molecule has 0 bridgehead atoms. The van der Waals surface area contributed by atoms with Crippen LogP contribution in [0, 0.1) is 18.8 Å². The monoisotopic (exact) mass is 326 g/mol. The summed E-state index contributed by atoms with van der Waals surface area (Å²) in [4.78, 5) is 16.4. The molecule has 2 aromatic rings. The molecule has 1 heterocycles. The van der Waals surface area contributed by atoms with Crippen molar-refractivity contribution in [3.8, 4) is 0 Å². The third-order valence-corrected chi connectivity index (χ3v) is 4.46. The van der Waals surface area contributed by atoms with Gasteiger partial charge in [0.1, 0.15) is 6.10 Å². The molecule has 0 aliphatic carbocycles. The Morgan fingerprint density at radius 2 is 1.96 bits per heavy atom. The fraction of sp³-hybridized carbons (Fsp3) is 0.400. The van der Waals surface area contributed by atoms with E-state index in [-0.39, 0.29) is 5.91 Å². The summed E-state index contributed by atoms with van der Waals surface area (Å²) in [6.07, 6.45) is 1.34. The van der Waals surface area contributed by atoms with Gasteiger partial charge in [0.2, 0.25) is 5.91 Å². The number of aromatic nitrogens is 1. The van der Waals surface area contributed by atoms with Crippen molar-refractivity contribution in [3.63, 3.8) is 0 Å². The summed E-state index contributed by atoms with van der Waals surface area (Å²) in [5.74, 6) is 0.797. The van der Waals surface area contributed by atoms with E-state index in [9.17, 15) is 9.90 Å². The molecule has 0 aliphatic rings. The summed E-state index contributed by atoms with van der Waals surface area (Å²) in [5, 5.41) is 13.5. The number of anilines is 1. The summed E-state index contributed by atoms with van der Waals surface area (Å²) in [7, 11) is 0. The molecule has 0 fully saturated rings. The van der Waals surface area contributed by atoms with E-state index >= 15 is 0 Å². The van der Waals surface area contributed by atoms with Crippen LogP contribution in [-0.2, 0) is 4.79 Å². The summed E-state index contributed by atoms with van der Waals surface area (Å²) in [6, 6.07) is 11.0. The van der Waals surface area contributed by atoms with Crippen LogP contribution >= 0.6 is 0 Å². The molecule has 0 spiro atoms. The molecule has 0 aliphatic heterocycles. The fourth-order valence-electron chi connectivity index (χ4n) is 2.38. The normalized spacial score (nSPS) is 13.6.